The molecule has 2 aromatic rings. The van der Waals surface area contributed by atoms with Crippen LogP contribution in [0.5, 0.6) is 0 Å². The lowest BCUT2D eigenvalue weighted by Crippen LogP contribution is -2.47. The number of alkyl halides is 3. The third-order valence-electron chi connectivity index (χ3n) is 3.61. The third kappa shape index (κ3) is 2.75. The standard InChI is InChI=1S/C13H12ClF3N4O/c1-6-4-9(14)20-21-8(6)5-18-11(21)12(22)19-10(7-2-3-7)13(15,16)17/h4-5,7,10H,2-3H2,1H3,(H,19,22)/t10-/m0/s1. The molecule has 3 rings (SSSR count). The summed E-state index contributed by atoms with van der Waals surface area (Å²) in [6.07, 6.45) is -2.19. The lowest BCUT2D eigenvalue weighted by molar-refractivity contribution is -0.158. The van der Waals surface area contributed by atoms with Gasteiger partial charge in [0.15, 0.2) is 0 Å². The van der Waals surface area contributed by atoms with Gasteiger partial charge in [0.2, 0.25) is 5.82 Å². The number of imidazole rings is 1. The van der Waals surface area contributed by atoms with Gasteiger partial charge in [0, 0.05) is 0 Å². The lowest BCUT2D eigenvalue weighted by atomic mass is 10.2. The Hall–Kier alpha value is -1.83. The van der Waals surface area contributed by atoms with Gasteiger partial charge in [-0.05, 0) is 37.3 Å². The SMILES string of the molecule is Cc1cc(Cl)nn2c(C(=O)N[C@@H](C3CC3)C(F)(F)F)ncc12. The van der Waals surface area contributed by atoms with Crippen molar-refractivity contribution in [3.8, 4) is 0 Å². The fourth-order valence-electron chi connectivity index (χ4n) is 2.35. The smallest absolute Gasteiger partial charge is 0.337 e. The van der Waals surface area contributed by atoms with Crippen LogP contribution in [0.25, 0.3) is 5.52 Å². The highest BCUT2D eigenvalue weighted by atomic mass is 35.5. The first-order chi connectivity index (χ1) is 10.3. The molecule has 1 amide bonds. The molecule has 0 radical (unpaired) electrons. The minimum Gasteiger partial charge on any atom is -0.337 e. The van der Waals surface area contributed by atoms with Crippen LogP contribution >= 0.6 is 11.6 Å². The predicted octanol–water partition coefficient (Wildman–Crippen LogP) is 2.76. The van der Waals surface area contributed by atoms with E-state index in [0.717, 1.165) is 10.1 Å². The number of hydrogen-bond donors (Lipinski definition) is 1. The van der Waals surface area contributed by atoms with Crippen LogP contribution in [-0.4, -0.2) is 32.7 Å². The van der Waals surface area contributed by atoms with E-state index in [-0.39, 0.29) is 11.0 Å². The second-order valence-corrected chi connectivity index (χ2v) is 5.75. The van der Waals surface area contributed by atoms with E-state index in [1.165, 1.54) is 6.20 Å². The summed E-state index contributed by atoms with van der Waals surface area (Å²) in [6.45, 7) is 1.75. The van der Waals surface area contributed by atoms with Gasteiger partial charge < -0.3 is 5.32 Å². The van der Waals surface area contributed by atoms with Crippen molar-refractivity contribution in [2.75, 3.05) is 0 Å². The van der Waals surface area contributed by atoms with Gasteiger partial charge in [0.25, 0.3) is 5.91 Å². The van der Waals surface area contributed by atoms with Crippen molar-refractivity contribution in [3.05, 3.63) is 28.8 Å². The summed E-state index contributed by atoms with van der Waals surface area (Å²) < 4.78 is 40.1. The number of nitrogens with zero attached hydrogens (tertiary/aromatic N) is 3. The number of amides is 1. The first-order valence-corrected chi connectivity index (χ1v) is 7.03. The molecule has 1 atom stereocenters. The Morgan fingerprint density at radius 2 is 2.18 bits per heavy atom. The summed E-state index contributed by atoms with van der Waals surface area (Å²) in [5.74, 6) is -1.69. The Morgan fingerprint density at radius 3 is 2.77 bits per heavy atom. The van der Waals surface area contributed by atoms with Crippen molar-refractivity contribution in [2.45, 2.75) is 32.0 Å². The van der Waals surface area contributed by atoms with Crippen LogP contribution in [0.2, 0.25) is 5.15 Å². The van der Waals surface area contributed by atoms with Gasteiger partial charge in [-0.1, -0.05) is 11.6 Å². The van der Waals surface area contributed by atoms with E-state index < -0.39 is 24.0 Å². The van der Waals surface area contributed by atoms with E-state index in [9.17, 15) is 18.0 Å². The maximum atomic E-state index is 13.0. The molecular weight excluding hydrogens is 321 g/mol. The highest BCUT2D eigenvalue weighted by Gasteiger charge is 2.50. The number of hydrogen-bond acceptors (Lipinski definition) is 3. The van der Waals surface area contributed by atoms with Crippen LogP contribution in [-0.2, 0) is 0 Å². The maximum Gasteiger partial charge on any atom is 0.408 e. The van der Waals surface area contributed by atoms with Crippen LogP contribution in [0, 0.1) is 12.8 Å². The zero-order valence-electron chi connectivity index (χ0n) is 11.5. The number of aromatic nitrogens is 3. The van der Waals surface area contributed by atoms with Gasteiger partial charge in [-0.25, -0.2) is 9.50 Å². The van der Waals surface area contributed by atoms with E-state index in [1.807, 2.05) is 5.32 Å². The molecule has 1 aliphatic rings. The van der Waals surface area contributed by atoms with Crippen molar-refractivity contribution < 1.29 is 18.0 Å². The zero-order chi connectivity index (χ0) is 16.1. The molecule has 1 aliphatic carbocycles. The number of halogens is 4. The number of carbonyl (C=O) groups excluding carboxylic acids is 1. The number of fused-ring (bicyclic) bond motifs is 1. The maximum absolute atomic E-state index is 13.0. The van der Waals surface area contributed by atoms with Gasteiger partial charge in [0.1, 0.15) is 11.2 Å². The fraction of sp³-hybridized carbons (Fsp3) is 0.462. The van der Waals surface area contributed by atoms with Crippen LogP contribution in [0.15, 0.2) is 12.3 Å². The van der Waals surface area contributed by atoms with Crippen molar-refractivity contribution in [2.24, 2.45) is 5.92 Å². The molecule has 2 aromatic heterocycles. The van der Waals surface area contributed by atoms with E-state index in [0.29, 0.717) is 18.4 Å². The highest BCUT2D eigenvalue weighted by molar-refractivity contribution is 6.29. The van der Waals surface area contributed by atoms with E-state index in [2.05, 4.69) is 10.1 Å². The summed E-state index contributed by atoms with van der Waals surface area (Å²) in [5, 5.41) is 6.08. The predicted molar refractivity (Wildman–Crippen MR) is 72.8 cm³/mol. The summed E-state index contributed by atoms with van der Waals surface area (Å²) >= 11 is 5.82. The molecule has 0 spiro atoms. The molecular formula is C13H12ClF3N4O. The van der Waals surface area contributed by atoms with Crippen molar-refractivity contribution in [3.63, 3.8) is 0 Å². The van der Waals surface area contributed by atoms with E-state index >= 15 is 0 Å². The zero-order valence-corrected chi connectivity index (χ0v) is 12.2. The summed E-state index contributed by atoms with van der Waals surface area (Å²) in [4.78, 5) is 16.0. The van der Waals surface area contributed by atoms with Crippen molar-refractivity contribution >= 4 is 23.0 Å². The largest absolute Gasteiger partial charge is 0.408 e. The number of rotatable bonds is 3. The van der Waals surface area contributed by atoms with Gasteiger partial charge >= 0.3 is 6.18 Å². The van der Waals surface area contributed by atoms with E-state index in [1.54, 1.807) is 13.0 Å². The average molecular weight is 333 g/mol. The van der Waals surface area contributed by atoms with Crippen LogP contribution in [0.4, 0.5) is 13.2 Å². The quantitative estimate of drug-likeness (QED) is 0.940. The molecule has 5 nitrogen and oxygen atoms in total. The molecule has 9 heteroatoms. The monoisotopic (exact) mass is 332 g/mol. The molecule has 1 saturated carbocycles. The van der Waals surface area contributed by atoms with Crippen LogP contribution in [0.1, 0.15) is 29.0 Å². The molecule has 2 heterocycles. The molecule has 1 fully saturated rings. The Morgan fingerprint density at radius 1 is 1.50 bits per heavy atom. The van der Waals surface area contributed by atoms with Crippen LogP contribution < -0.4 is 5.32 Å². The number of nitrogens with one attached hydrogen (secondary N) is 1. The van der Waals surface area contributed by atoms with Crippen molar-refractivity contribution in [1.82, 2.24) is 19.9 Å². The molecule has 0 unspecified atom stereocenters. The number of carbonyl (C=O) groups is 1. The molecule has 1 N–H and O–H groups in total. The molecule has 0 aromatic carbocycles. The first-order valence-electron chi connectivity index (χ1n) is 6.66. The summed E-state index contributed by atoms with van der Waals surface area (Å²) in [5.41, 5.74) is 1.24. The lowest BCUT2D eigenvalue weighted by Gasteiger charge is -2.20. The second kappa shape index (κ2) is 5.12. The normalized spacial score (nSPS) is 16.8. The van der Waals surface area contributed by atoms with Crippen molar-refractivity contribution in [1.29, 1.82) is 0 Å². The third-order valence-corrected chi connectivity index (χ3v) is 3.79. The van der Waals surface area contributed by atoms with Gasteiger partial charge in [-0.15, -0.1) is 0 Å². The number of aryl methyl sites for hydroxylation is 1. The minimum atomic E-state index is -4.48. The Kier molecular flexibility index (Phi) is 3.51. The van der Waals surface area contributed by atoms with Gasteiger partial charge in [-0.3, -0.25) is 4.79 Å². The summed E-state index contributed by atoms with van der Waals surface area (Å²) in [7, 11) is 0. The fourth-order valence-corrected chi connectivity index (χ4v) is 2.59. The molecule has 0 saturated heterocycles. The highest BCUT2D eigenvalue weighted by Crippen LogP contribution is 2.40. The van der Waals surface area contributed by atoms with Crippen LogP contribution in [0.3, 0.4) is 0 Å². The Bertz CT molecular complexity index is 739. The molecule has 22 heavy (non-hydrogen) atoms. The topological polar surface area (TPSA) is 59.3 Å². The minimum absolute atomic E-state index is 0.131. The first kappa shape index (κ1) is 15.1. The van der Waals surface area contributed by atoms with Gasteiger partial charge in [-0.2, -0.15) is 18.3 Å². The Labute approximate surface area is 128 Å². The summed E-state index contributed by atoms with van der Waals surface area (Å²) in [6, 6.07) is -0.268. The Balaban J connectivity index is 1.92. The molecule has 118 valence electrons. The second-order valence-electron chi connectivity index (χ2n) is 5.36. The average Bonchev–Trinajstić information content (AvgIpc) is 3.13. The molecule has 0 bridgehead atoms. The van der Waals surface area contributed by atoms with Gasteiger partial charge in [0.05, 0.1) is 11.7 Å². The molecule has 0 aliphatic heterocycles. The van der Waals surface area contributed by atoms with E-state index in [4.69, 9.17) is 11.6 Å².